The quantitative estimate of drug-likeness (QED) is 0.845. The predicted octanol–water partition coefficient (Wildman–Crippen LogP) is 3.60. The van der Waals surface area contributed by atoms with Crippen molar-refractivity contribution in [2.24, 2.45) is 0 Å². The van der Waals surface area contributed by atoms with Gasteiger partial charge in [-0.1, -0.05) is 0 Å². The van der Waals surface area contributed by atoms with Crippen LogP contribution >= 0.6 is 27.7 Å². The third-order valence-electron chi connectivity index (χ3n) is 2.72. The predicted molar refractivity (Wildman–Crippen MR) is 79.7 cm³/mol. The number of hydrogen-bond donors (Lipinski definition) is 1. The Hall–Kier alpha value is -1.34. The number of fused-ring (bicyclic) bond motifs is 1. The van der Waals surface area contributed by atoms with Gasteiger partial charge in [-0.2, -0.15) is 0 Å². The molecule has 1 aromatic heterocycles. The smallest absolute Gasteiger partial charge is 0.355 e. The molecule has 0 saturated carbocycles. The third-order valence-corrected chi connectivity index (χ3v) is 3.88. The first-order chi connectivity index (χ1) is 9.43. The van der Waals surface area contributed by atoms with Gasteiger partial charge in [0.2, 0.25) is 5.44 Å². The lowest BCUT2D eigenvalue weighted by atomic mass is 10.1. The number of carboxylic acids is 1. The fraction of sp³-hybridized carbons (Fsp3) is 0.231. The minimum absolute atomic E-state index is 0.0864. The molecule has 1 atom stereocenters. The number of aromatic nitrogens is 1. The molecule has 2 aromatic rings. The van der Waals surface area contributed by atoms with Gasteiger partial charge in [-0.15, -0.1) is 11.8 Å². The minimum Gasteiger partial charge on any atom is -0.478 e. The fourth-order valence-electron chi connectivity index (χ4n) is 1.77. The monoisotopic (exact) mass is 359 g/mol. The van der Waals surface area contributed by atoms with Gasteiger partial charge in [-0.25, -0.2) is 9.18 Å². The molecule has 1 unspecified atom stereocenters. The normalized spacial score (nSPS) is 12.4. The van der Waals surface area contributed by atoms with Crippen molar-refractivity contribution in [2.45, 2.75) is 12.4 Å². The summed E-state index contributed by atoms with van der Waals surface area (Å²) < 4.78 is 20.2. The highest BCUT2D eigenvalue weighted by atomic mass is 79.9. The molecule has 2 rings (SSSR count). The number of carboxylic acid groups (broad SMARTS) is 1. The second kappa shape index (κ2) is 5.97. The minimum atomic E-state index is -1.15. The van der Waals surface area contributed by atoms with E-state index in [1.807, 2.05) is 0 Å². The Balaban J connectivity index is 2.53. The van der Waals surface area contributed by atoms with Gasteiger partial charge in [0.1, 0.15) is 0 Å². The molecule has 106 valence electrons. The van der Waals surface area contributed by atoms with Crippen LogP contribution in [0.2, 0.25) is 0 Å². The van der Waals surface area contributed by atoms with Gasteiger partial charge in [-0.05, 0) is 41.2 Å². The third kappa shape index (κ3) is 2.88. The Morgan fingerprint density at radius 1 is 1.55 bits per heavy atom. The number of carbonyl (C=O) groups is 1. The molecule has 0 bridgehead atoms. The van der Waals surface area contributed by atoms with Gasteiger partial charge in [0, 0.05) is 21.6 Å². The van der Waals surface area contributed by atoms with Crippen LogP contribution < -0.4 is 4.74 Å². The van der Waals surface area contributed by atoms with E-state index in [2.05, 4.69) is 20.9 Å². The lowest BCUT2D eigenvalue weighted by Crippen LogP contribution is -2.23. The average Bonchev–Trinajstić information content (AvgIpc) is 2.40. The maximum atomic E-state index is 14.2. The largest absolute Gasteiger partial charge is 0.478 e. The van der Waals surface area contributed by atoms with Crippen LogP contribution in [0.5, 0.6) is 5.75 Å². The summed E-state index contributed by atoms with van der Waals surface area (Å²) in [4.78, 5) is 15.1. The number of pyridine rings is 1. The maximum absolute atomic E-state index is 14.2. The molecule has 0 fully saturated rings. The summed E-state index contributed by atoms with van der Waals surface area (Å²) >= 11 is 4.28. The summed E-state index contributed by atoms with van der Waals surface area (Å²) in [6, 6.07) is 3.23. The fourth-order valence-corrected chi connectivity index (χ4v) is 2.52. The Kier molecular flexibility index (Phi) is 4.49. The molecule has 0 amide bonds. The van der Waals surface area contributed by atoms with E-state index >= 15 is 0 Å². The van der Waals surface area contributed by atoms with Crippen LogP contribution in [0.4, 0.5) is 4.39 Å². The SMILES string of the molecule is CSC(Oc1cc2cc(Br)cnc2c(C)c1F)C(=O)O. The first kappa shape index (κ1) is 15.1. The van der Waals surface area contributed by atoms with E-state index in [9.17, 15) is 9.18 Å². The van der Waals surface area contributed by atoms with Crippen molar-refractivity contribution in [3.8, 4) is 5.75 Å². The summed E-state index contributed by atoms with van der Waals surface area (Å²) in [5.74, 6) is -1.83. The lowest BCUT2D eigenvalue weighted by Gasteiger charge is -2.15. The highest BCUT2D eigenvalue weighted by molar-refractivity contribution is 9.10. The first-order valence-electron chi connectivity index (χ1n) is 5.60. The van der Waals surface area contributed by atoms with Crippen LogP contribution in [-0.4, -0.2) is 27.8 Å². The molecule has 0 aliphatic heterocycles. The van der Waals surface area contributed by atoms with E-state index in [4.69, 9.17) is 9.84 Å². The highest BCUT2D eigenvalue weighted by Gasteiger charge is 2.21. The van der Waals surface area contributed by atoms with Gasteiger partial charge >= 0.3 is 5.97 Å². The van der Waals surface area contributed by atoms with E-state index in [1.165, 1.54) is 6.07 Å². The number of ether oxygens (including phenoxy) is 1. The molecule has 0 spiro atoms. The van der Waals surface area contributed by atoms with Crippen LogP contribution in [0.3, 0.4) is 0 Å². The standard InChI is InChI=1S/C13H11BrFNO3S/c1-6-10(15)9(19-13(20-2)12(17)18)4-7-3-8(14)5-16-11(6)7/h3-5,13H,1-2H3,(H,17,18). The van der Waals surface area contributed by atoms with E-state index in [1.54, 1.807) is 25.4 Å². The van der Waals surface area contributed by atoms with Crippen LogP contribution in [-0.2, 0) is 4.79 Å². The molecule has 0 aliphatic rings. The number of rotatable bonds is 4. The average molecular weight is 360 g/mol. The molecular weight excluding hydrogens is 349 g/mol. The summed E-state index contributed by atoms with van der Waals surface area (Å²) in [5, 5.41) is 9.64. The molecule has 1 heterocycles. The van der Waals surface area contributed by atoms with Gasteiger partial charge < -0.3 is 9.84 Å². The molecule has 7 heteroatoms. The van der Waals surface area contributed by atoms with Gasteiger partial charge in [0.15, 0.2) is 11.6 Å². The van der Waals surface area contributed by atoms with Crippen molar-refractivity contribution in [3.05, 3.63) is 34.2 Å². The van der Waals surface area contributed by atoms with Gasteiger partial charge in [0.05, 0.1) is 5.52 Å². The topological polar surface area (TPSA) is 59.4 Å². The van der Waals surface area contributed by atoms with E-state index in [-0.39, 0.29) is 5.75 Å². The molecule has 0 radical (unpaired) electrons. The zero-order chi connectivity index (χ0) is 14.9. The number of aliphatic carboxylic acids is 1. The van der Waals surface area contributed by atoms with Crippen molar-refractivity contribution >= 4 is 44.6 Å². The van der Waals surface area contributed by atoms with Crippen molar-refractivity contribution in [1.29, 1.82) is 0 Å². The van der Waals surface area contributed by atoms with Crippen LogP contribution in [0.25, 0.3) is 10.9 Å². The summed E-state index contributed by atoms with van der Waals surface area (Å²) in [7, 11) is 0. The number of nitrogens with zero attached hydrogens (tertiary/aromatic N) is 1. The molecule has 20 heavy (non-hydrogen) atoms. The number of benzene rings is 1. The van der Waals surface area contributed by atoms with Crippen molar-refractivity contribution in [3.63, 3.8) is 0 Å². The van der Waals surface area contributed by atoms with E-state index in [0.717, 1.165) is 16.2 Å². The second-order valence-corrected chi connectivity index (χ2v) is 5.88. The first-order valence-corrected chi connectivity index (χ1v) is 7.68. The maximum Gasteiger partial charge on any atom is 0.355 e. The zero-order valence-electron chi connectivity index (χ0n) is 10.7. The lowest BCUT2D eigenvalue weighted by molar-refractivity contribution is -0.140. The molecular formula is C13H11BrFNO3S. The van der Waals surface area contributed by atoms with Gasteiger partial charge in [0.25, 0.3) is 0 Å². The zero-order valence-corrected chi connectivity index (χ0v) is 13.1. The Morgan fingerprint density at radius 2 is 2.25 bits per heavy atom. The Morgan fingerprint density at radius 3 is 2.85 bits per heavy atom. The van der Waals surface area contributed by atoms with Crippen molar-refractivity contribution < 1.29 is 19.0 Å². The Labute approximate surface area is 127 Å². The highest BCUT2D eigenvalue weighted by Crippen LogP contribution is 2.31. The van der Waals surface area contributed by atoms with E-state index < -0.39 is 17.2 Å². The van der Waals surface area contributed by atoms with Crippen LogP contribution in [0, 0.1) is 12.7 Å². The number of aryl methyl sites for hydroxylation is 1. The molecule has 0 aliphatic carbocycles. The summed E-state index contributed by atoms with van der Waals surface area (Å²) in [5.41, 5.74) is -0.300. The number of halogens is 2. The molecule has 1 aromatic carbocycles. The van der Waals surface area contributed by atoms with Crippen LogP contribution in [0.1, 0.15) is 5.56 Å². The second-order valence-electron chi connectivity index (χ2n) is 4.06. The molecule has 1 N–H and O–H groups in total. The summed E-state index contributed by atoms with van der Waals surface area (Å²) in [6.07, 6.45) is 3.17. The molecule has 0 saturated heterocycles. The number of hydrogen-bond acceptors (Lipinski definition) is 4. The van der Waals surface area contributed by atoms with Crippen LogP contribution in [0.15, 0.2) is 22.8 Å². The number of thioether (sulfide) groups is 1. The molecule has 4 nitrogen and oxygen atoms in total. The Bertz CT molecular complexity index is 680. The summed E-state index contributed by atoms with van der Waals surface area (Å²) in [6.45, 7) is 1.58. The van der Waals surface area contributed by atoms with E-state index in [0.29, 0.717) is 16.5 Å². The van der Waals surface area contributed by atoms with Crippen molar-refractivity contribution in [2.75, 3.05) is 6.26 Å². The van der Waals surface area contributed by atoms with Gasteiger partial charge in [-0.3, -0.25) is 4.98 Å². The van der Waals surface area contributed by atoms with Crippen molar-refractivity contribution in [1.82, 2.24) is 4.98 Å².